The zero-order valence-corrected chi connectivity index (χ0v) is 19.0. The fourth-order valence-corrected chi connectivity index (χ4v) is 5.05. The van der Waals surface area contributed by atoms with Gasteiger partial charge in [-0.1, -0.05) is 55.8 Å². The molecule has 1 aliphatic heterocycles. The molecule has 0 unspecified atom stereocenters. The number of benzene rings is 2. The fourth-order valence-electron chi connectivity index (χ4n) is 3.58. The predicted molar refractivity (Wildman–Crippen MR) is 118 cm³/mol. The van der Waals surface area contributed by atoms with Crippen LogP contribution in [0.1, 0.15) is 54.1 Å². The van der Waals surface area contributed by atoms with Gasteiger partial charge in [-0.3, -0.25) is 9.59 Å². The molecule has 1 heterocycles. The standard InChI is InChI=1S/C24H29NO5S/c1-17(2)19-8-10-22(11-9-19)31(28,29)25-14-12-21(13-15-25)24(27)30-16-23(26)20-6-4-18(3)5-7-20/h4-11,17,21H,12-16H2,1-3H3. The third-order valence-electron chi connectivity index (χ3n) is 5.69. The van der Waals surface area contributed by atoms with Crippen LogP contribution in [-0.4, -0.2) is 44.2 Å². The number of sulfonamides is 1. The Balaban J connectivity index is 1.52. The van der Waals surface area contributed by atoms with Crippen molar-refractivity contribution in [2.75, 3.05) is 19.7 Å². The van der Waals surface area contributed by atoms with E-state index in [1.165, 1.54) is 4.31 Å². The van der Waals surface area contributed by atoms with Crippen LogP contribution >= 0.6 is 0 Å². The van der Waals surface area contributed by atoms with Crippen LogP contribution in [0.4, 0.5) is 0 Å². The summed E-state index contributed by atoms with van der Waals surface area (Å²) in [5.74, 6) is -0.769. The van der Waals surface area contributed by atoms with Crippen LogP contribution in [0.3, 0.4) is 0 Å². The minimum absolute atomic E-state index is 0.250. The number of hydrogen-bond donors (Lipinski definition) is 0. The lowest BCUT2D eigenvalue weighted by Crippen LogP contribution is -2.40. The minimum atomic E-state index is -3.59. The number of ketones is 1. The Bertz CT molecular complexity index is 1020. The summed E-state index contributed by atoms with van der Waals surface area (Å²) in [7, 11) is -3.59. The van der Waals surface area contributed by atoms with Crippen LogP contribution in [0, 0.1) is 12.8 Å². The van der Waals surface area contributed by atoms with E-state index in [1.807, 2.05) is 31.2 Å². The monoisotopic (exact) mass is 443 g/mol. The summed E-state index contributed by atoms with van der Waals surface area (Å²) in [5, 5.41) is 0. The van der Waals surface area contributed by atoms with Gasteiger partial charge in [0.05, 0.1) is 10.8 Å². The number of Topliss-reactive ketones (excluding diaryl/α,β-unsaturated/α-hetero) is 1. The van der Waals surface area contributed by atoms with Gasteiger partial charge in [0.1, 0.15) is 0 Å². The van der Waals surface area contributed by atoms with Crippen LogP contribution < -0.4 is 0 Å². The Hall–Kier alpha value is -2.51. The highest BCUT2D eigenvalue weighted by molar-refractivity contribution is 7.89. The van der Waals surface area contributed by atoms with Gasteiger partial charge in [-0.05, 0) is 43.4 Å². The lowest BCUT2D eigenvalue weighted by Gasteiger charge is -2.30. The molecule has 0 aliphatic carbocycles. The third kappa shape index (κ3) is 5.60. The molecule has 31 heavy (non-hydrogen) atoms. The first-order valence-corrected chi connectivity index (χ1v) is 12.0. The van der Waals surface area contributed by atoms with Gasteiger partial charge in [0, 0.05) is 18.7 Å². The topological polar surface area (TPSA) is 80.8 Å². The van der Waals surface area contributed by atoms with Crippen molar-refractivity contribution in [1.29, 1.82) is 0 Å². The highest BCUT2D eigenvalue weighted by Crippen LogP contribution is 2.26. The molecule has 0 aromatic heterocycles. The smallest absolute Gasteiger partial charge is 0.309 e. The maximum absolute atomic E-state index is 12.9. The summed E-state index contributed by atoms with van der Waals surface area (Å²) in [6, 6.07) is 14.1. The van der Waals surface area contributed by atoms with Crippen molar-refractivity contribution in [3.8, 4) is 0 Å². The number of hydrogen-bond acceptors (Lipinski definition) is 5. The molecule has 0 spiro atoms. The largest absolute Gasteiger partial charge is 0.457 e. The summed E-state index contributed by atoms with van der Waals surface area (Å²) >= 11 is 0. The molecule has 0 radical (unpaired) electrons. The van der Waals surface area contributed by atoms with Gasteiger partial charge in [0.25, 0.3) is 0 Å². The zero-order chi connectivity index (χ0) is 22.6. The summed E-state index contributed by atoms with van der Waals surface area (Å²) in [6.45, 7) is 6.24. The highest BCUT2D eigenvalue weighted by atomic mass is 32.2. The second-order valence-corrected chi connectivity index (χ2v) is 10.2. The third-order valence-corrected chi connectivity index (χ3v) is 7.60. The molecule has 0 bridgehead atoms. The van der Waals surface area contributed by atoms with Crippen LogP contribution in [-0.2, 0) is 19.6 Å². The Kier molecular flexibility index (Phi) is 7.28. The van der Waals surface area contributed by atoms with Gasteiger partial charge in [0.15, 0.2) is 12.4 Å². The van der Waals surface area contributed by atoms with E-state index in [4.69, 9.17) is 4.74 Å². The molecule has 0 N–H and O–H groups in total. The Morgan fingerprint density at radius 1 is 1.00 bits per heavy atom. The summed E-state index contributed by atoms with van der Waals surface area (Å²) in [6.07, 6.45) is 0.752. The number of piperidine rings is 1. The molecule has 6 nitrogen and oxygen atoms in total. The first-order valence-electron chi connectivity index (χ1n) is 10.5. The number of rotatable bonds is 7. The van der Waals surface area contributed by atoms with E-state index >= 15 is 0 Å². The van der Waals surface area contributed by atoms with Crippen LogP contribution in [0.5, 0.6) is 0 Å². The van der Waals surface area contributed by atoms with Crippen molar-refractivity contribution in [3.63, 3.8) is 0 Å². The van der Waals surface area contributed by atoms with Gasteiger partial charge >= 0.3 is 5.97 Å². The van der Waals surface area contributed by atoms with E-state index in [0.717, 1.165) is 11.1 Å². The molecule has 0 amide bonds. The quantitative estimate of drug-likeness (QED) is 0.478. The normalized spacial score (nSPS) is 15.7. The molecule has 0 saturated carbocycles. The lowest BCUT2D eigenvalue weighted by atomic mass is 9.98. The van der Waals surface area contributed by atoms with Gasteiger partial charge in [-0.2, -0.15) is 4.31 Å². The molecule has 1 aliphatic rings. The average molecular weight is 444 g/mol. The second kappa shape index (κ2) is 9.75. The zero-order valence-electron chi connectivity index (χ0n) is 18.2. The van der Waals surface area contributed by atoms with E-state index in [-0.39, 0.29) is 30.4 Å². The number of nitrogens with zero attached hydrogens (tertiary/aromatic N) is 1. The number of carbonyl (C=O) groups is 2. The first-order chi connectivity index (χ1) is 14.7. The fraction of sp³-hybridized carbons (Fsp3) is 0.417. The Morgan fingerprint density at radius 2 is 1.58 bits per heavy atom. The van der Waals surface area contributed by atoms with E-state index in [1.54, 1.807) is 24.3 Å². The van der Waals surface area contributed by atoms with E-state index in [9.17, 15) is 18.0 Å². The van der Waals surface area contributed by atoms with Crippen molar-refractivity contribution in [1.82, 2.24) is 4.31 Å². The Morgan fingerprint density at radius 3 is 2.13 bits per heavy atom. The molecule has 7 heteroatoms. The molecule has 1 fully saturated rings. The summed E-state index contributed by atoms with van der Waals surface area (Å²) in [4.78, 5) is 24.8. The minimum Gasteiger partial charge on any atom is -0.457 e. The van der Waals surface area contributed by atoms with Crippen molar-refractivity contribution < 1.29 is 22.7 Å². The van der Waals surface area contributed by atoms with E-state index < -0.39 is 21.9 Å². The van der Waals surface area contributed by atoms with Gasteiger partial charge in [0.2, 0.25) is 10.0 Å². The van der Waals surface area contributed by atoms with Crippen LogP contribution in [0.2, 0.25) is 0 Å². The Labute approximate surface area is 184 Å². The summed E-state index contributed by atoms with van der Waals surface area (Å²) in [5.41, 5.74) is 2.63. The maximum Gasteiger partial charge on any atom is 0.309 e. The molecule has 166 valence electrons. The molecule has 3 rings (SSSR count). The highest BCUT2D eigenvalue weighted by Gasteiger charge is 2.33. The SMILES string of the molecule is Cc1ccc(C(=O)COC(=O)C2CCN(S(=O)(=O)c3ccc(C(C)C)cc3)CC2)cc1. The molecular formula is C24H29NO5S. The molecule has 0 atom stereocenters. The number of aryl methyl sites for hydroxylation is 1. The van der Waals surface area contributed by atoms with Gasteiger partial charge in [-0.15, -0.1) is 0 Å². The first kappa shape index (κ1) is 23.2. The van der Waals surface area contributed by atoms with Crippen molar-refractivity contribution in [2.45, 2.75) is 44.4 Å². The molecule has 2 aromatic carbocycles. The number of ether oxygens (including phenoxy) is 1. The summed E-state index contributed by atoms with van der Waals surface area (Å²) < 4.78 is 32.4. The number of carbonyl (C=O) groups excluding carboxylic acids is 2. The van der Waals surface area contributed by atoms with Crippen molar-refractivity contribution in [3.05, 3.63) is 65.2 Å². The average Bonchev–Trinajstić information content (AvgIpc) is 2.77. The van der Waals surface area contributed by atoms with E-state index in [0.29, 0.717) is 24.3 Å². The predicted octanol–water partition coefficient (Wildman–Crippen LogP) is 3.95. The van der Waals surface area contributed by atoms with Crippen molar-refractivity contribution >= 4 is 21.8 Å². The van der Waals surface area contributed by atoms with Crippen molar-refractivity contribution in [2.24, 2.45) is 5.92 Å². The number of esters is 1. The van der Waals surface area contributed by atoms with Crippen LogP contribution in [0.25, 0.3) is 0 Å². The maximum atomic E-state index is 12.9. The van der Waals surface area contributed by atoms with Gasteiger partial charge in [-0.25, -0.2) is 8.42 Å². The molecule has 1 saturated heterocycles. The van der Waals surface area contributed by atoms with Gasteiger partial charge < -0.3 is 4.74 Å². The molecule has 2 aromatic rings. The van der Waals surface area contributed by atoms with Crippen LogP contribution in [0.15, 0.2) is 53.4 Å². The lowest BCUT2D eigenvalue weighted by molar-refractivity contribution is -0.148. The molecular weight excluding hydrogens is 414 g/mol. The van der Waals surface area contributed by atoms with E-state index in [2.05, 4.69) is 13.8 Å². The second-order valence-electron chi connectivity index (χ2n) is 8.30.